The highest BCUT2D eigenvalue weighted by Gasteiger charge is 2.47. The molecule has 2 aliphatic heterocycles. The second kappa shape index (κ2) is 9.60. The first kappa shape index (κ1) is 25.5. The van der Waals surface area contributed by atoms with Crippen molar-refractivity contribution in [3.05, 3.63) is 41.5 Å². The lowest BCUT2D eigenvalue weighted by atomic mass is 9.88. The normalized spacial score (nSPS) is 22.6. The van der Waals surface area contributed by atoms with Gasteiger partial charge in [-0.25, -0.2) is 13.2 Å². The average molecular weight is 538 g/mol. The lowest BCUT2D eigenvalue weighted by molar-refractivity contribution is -0.148. The molecule has 5 rings (SSSR count). The fourth-order valence-electron chi connectivity index (χ4n) is 4.79. The van der Waals surface area contributed by atoms with Crippen LogP contribution < -0.4 is 20.1 Å². The standard InChI is InChI=1S/C24H26F3N5O4S/c1-12-5-14(3-4-16(12)25)28-21(33)19-20-18(10-31(19)2)37-30-17-9-32(8-13(17)11-36-20)23(35)22(34)29-15-6-24(26,27)7-15/h3-5,10,13,15,17,30H,6-9,11H2,1-2H3,(H,28,33)(H,29,34)/t13-,17-/m0/s1. The summed E-state index contributed by atoms with van der Waals surface area (Å²) in [4.78, 5) is 40.1. The van der Waals surface area contributed by atoms with Crippen LogP contribution in [-0.2, 0) is 16.6 Å². The fraction of sp³-hybridized carbons (Fsp3) is 0.458. The molecule has 0 unspecified atom stereocenters. The van der Waals surface area contributed by atoms with E-state index < -0.39 is 42.5 Å². The molecule has 1 aliphatic carbocycles. The number of rotatable bonds is 3. The molecule has 0 spiro atoms. The van der Waals surface area contributed by atoms with Crippen molar-refractivity contribution in [1.29, 1.82) is 0 Å². The number of aryl methyl sites for hydroxylation is 2. The van der Waals surface area contributed by atoms with E-state index in [1.165, 1.54) is 29.0 Å². The second-order valence-electron chi connectivity index (χ2n) is 9.74. The van der Waals surface area contributed by atoms with Gasteiger partial charge in [0.05, 0.1) is 11.5 Å². The first-order valence-electron chi connectivity index (χ1n) is 11.8. The molecule has 2 aromatic rings. The molecule has 37 heavy (non-hydrogen) atoms. The lowest BCUT2D eigenvalue weighted by Gasteiger charge is -2.35. The highest BCUT2D eigenvalue weighted by Crippen LogP contribution is 2.38. The van der Waals surface area contributed by atoms with E-state index in [1.807, 2.05) is 0 Å². The number of amides is 3. The number of hydrogen-bond acceptors (Lipinski definition) is 6. The van der Waals surface area contributed by atoms with Crippen molar-refractivity contribution in [2.24, 2.45) is 13.0 Å². The van der Waals surface area contributed by atoms with Crippen molar-refractivity contribution in [3.63, 3.8) is 0 Å². The molecule has 9 nitrogen and oxygen atoms in total. The fourth-order valence-corrected chi connectivity index (χ4v) is 5.79. The number of alkyl halides is 2. The molecule has 1 saturated carbocycles. The minimum Gasteiger partial charge on any atom is -0.489 e. The molecule has 13 heteroatoms. The molecule has 3 heterocycles. The van der Waals surface area contributed by atoms with Gasteiger partial charge in [-0.3, -0.25) is 19.1 Å². The van der Waals surface area contributed by atoms with Gasteiger partial charge in [-0.15, -0.1) is 0 Å². The van der Waals surface area contributed by atoms with Crippen LogP contribution in [0.5, 0.6) is 5.75 Å². The predicted molar refractivity (Wildman–Crippen MR) is 129 cm³/mol. The summed E-state index contributed by atoms with van der Waals surface area (Å²) < 4.78 is 50.7. The number of anilines is 1. The van der Waals surface area contributed by atoms with E-state index in [9.17, 15) is 27.6 Å². The number of fused-ring (bicyclic) bond motifs is 2. The quantitative estimate of drug-likeness (QED) is 0.411. The molecule has 1 saturated heterocycles. The van der Waals surface area contributed by atoms with E-state index in [2.05, 4.69) is 15.4 Å². The van der Waals surface area contributed by atoms with Gasteiger partial charge in [0.15, 0.2) is 11.4 Å². The third-order valence-corrected chi connectivity index (χ3v) is 7.77. The van der Waals surface area contributed by atoms with Gasteiger partial charge in [-0.2, -0.15) is 0 Å². The van der Waals surface area contributed by atoms with Crippen molar-refractivity contribution in [2.45, 2.75) is 42.7 Å². The van der Waals surface area contributed by atoms with Crippen molar-refractivity contribution in [2.75, 3.05) is 25.0 Å². The molecule has 198 valence electrons. The summed E-state index contributed by atoms with van der Waals surface area (Å²) in [6.45, 7) is 2.29. The molecular weight excluding hydrogens is 511 g/mol. The summed E-state index contributed by atoms with van der Waals surface area (Å²) in [5.74, 6) is -5.02. The summed E-state index contributed by atoms with van der Waals surface area (Å²) >= 11 is 1.26. The summed E-state index contributed by atoms with van der Waals surface area (Å²) in [5.41, 5.74) is 1.14. The van der Waals surface area contributed by atoms with Crippen LogP contribution in [0.2, 0.25) is 0 Å². The summed E-state index contributed by atoms with van der Waals surface area (Å²) in [6, 6.07) is 3.43. The van der Waals surface area contributed by atoms with Gasteiger partial charge < -0.3 is 24.8 Å². The maximum Gasteiger partial charge on any atom is 0.311 e. The molecule has 3 aliphatic rings. The monoisotopic (exact) mass is 537 g/mol. The maximum atomic E-state index is 13.6. The Kier molecular flexibility index (Phi) is 6.61. The van der Waals surface area contributed by atoms with Crippen molar-refractivity contribution >= 4 is 35.4 Å². The third-order valence-electron chi connectivity index (χ3n) is 6.84. The first-order valence-corrected chi connectivity index (χ1v) is 12.6. The highest BCUT2D eigenvalue weighted by atomic mass is 32.2. The van der Waals surface area contributed by atoms with Gasteiger partial charge in [-0.1, -0.05) is 0 Å². The molecular formula is C24H26F3N5O4S. The van der Waals surface area contributed by atoms with Crippen molar-refractivity contribution in [3.8, 4) is 5.75 Å². The van der Waals surface area contributed by atoms with Gasteiger partial charge in [0.25, 0.3) is 11.8 Å². The number of ether oxygens (including phenoxy) is 1. The Bertz CT molecular complexity index is 1260. The predicted octanol–water partition coefficient (Wildman–Crippen LogP) is 2.45. The minimum absolute atomic E-state index is 0.165. The van der Waals surface area contributed by atoms with Crippen LogP contribution in [0.25, 0.3) is 0 Å². The average Bonchev–Trinajstić information content (AvgIpc) is 3.35. The number of nitrogens with zero attached hydrogens (tertiary/aromatic N) is 2. The Hall–Kier alpha value is -3.19. The number of aromatic nitrogens is 1. The summed E-state index contributed by atoms with van der Waals surface area (Å²) in [5, 5.41) is 5.15. The second-order valence-corrected chi connectivity index (χ2v) is 10.6. The summed E-state index contributed by atoms with van der Waals surface area (Å²) in [6.07, 6.45) is 0.829. The Morgan fingerprint density at radius 2 is 1.97 bits per heavy atom. The Morgan fingerprint density at radius 3 is 2.68 bits per heavy atom. The van der Waals surface area contributed by atoms with Crippen LogP contribution >= 0.6 is 11.9 Å². The Labute approximate surface area is 215 Å². The number of nitrogens with one attached hydrogen (secondary N) is 3. The molecule has 1 aromatic heterocycles. The van der Waals surface area contributed by atoms with Crippen molar-refractivity contribution in [1.82, 2.24) is 19.5 Å². The Balaban J connectivity index is 1.24. The van der Waals surface area contributed by atoms with E-state index in [4.69, 9.17) is 4.74 Å². The molecule has 3 amide bonds. The van der Waals surface area contributed by atoms with Gasteiger partial charge in [0.2, 0.25) is 0 Å². The number of likely N-dealkylation sites (tertiary alicyclic amines) is 1. The van der Waals surface area contributed by atoms with Crippen LogP contribution in [0.15, 0.2) is 29.3 Å². The molecule has 0 radical (unpaired) electrons. The molecule has 0 bridgehead atoms. The van der Waals surface area contributed by atoms with Gasteiger partial charge in [0.1, 0.15) is 5.82 Å². The van der Waals surface area contributed by atoms with Crippen LogP contribution in [0.1, 0.15) is 28.9 Å². The largest absolute Gasteiger partial charge is 0.489 e. The van der Waals surface area contributed by atoms with Gasteiger partial charge in [-0.05, 0) is 42.6 Å². The zero-order chi connectivity index (χ0) is 26.5. The zero-order valence-electron chi connectivity index (χ0n) is 20.1. The van der Waals surface area contributed by atoms with Crippen LogP contribution in [0.3, 0.4) is 0 Å². The topological polar surface area (TPSA) is 105 Å². The zero-order valence-corrected chi connectivity index (χ0v) is 21.0. The molecule has 3 N–H and O–H groups in total. The van der Waals surface area contributed by atoms with E-state index in [0.717, 1.165) is 0 Å². The Morgan fingerprint density at radius 1 is 1.22 bits per heavy atom. The molecule has 1 aromatic carbocycles. The third kappa shape index (κ3) is 5.14. The van der Waals surface area contributed by atoms with E-state index in [-0.39, 0.29) is 43.2 Å². The lowest BCUT2D eigenvalue weighted by Crippen LogP contribution is -2.54. The SMILES string of the molecule is Cc1cc(NC(=O)c2c3c(cn2C)SN[C@H]2CN(C(=O)C(=O)NC4CC(F)(F)C4)C[C@H]2CO3)ccc1F. The van der Waals surface area contributed by atoms with Gasteiger partial charge in [0, 0.05) is 62.9 Å². The smallest absolute Gasteiger partial charge is 0.311 e. The number of carbonyl (C=O) groups excluding carboxylic acids is 3. The van der Waals surface area contributed by atoms with E-state index in [0.29, 0.717) is 21.9 Å². The van der Waals surface area contributed by atoms with Crippen molar-refractivity contribution < 1.29 is 32.3 Å². The molecule has 2 atom stereocenters. The first-order chi connectivity index (χ1) is 17.5. The van der Waals surface area contributed by atoms with E-state index >= 15 is 0 Å². The number of hydrogen-bond donors (Lipinski definition) is 3. The van der Waals surface area contributed by atoms with Crippen LogP contribution in [-0.4, -0.2) is 64.9 Å². The maximum absolute atomic E-state index is 13.6. The van der Waals surface area contributed by atoms with Gasteiger partial charge >= 0.3 is 11.8 Å². The summed E-state index contributed by atoms with van der Waals surface area (Å²) in [7, 11) is 1.72. The number of carbonyl (C=O) groups is 3. The number of benzene rings is 1. The highest BCUT2D eigenvalue weighted by molar-refractivity contribution is 7.97. The minimum atomic E-state index is -2.79. The molecule has 2 fully saturated rings. The number of halogens is 3. The van der Waals surface area contributed by atoms with E-state index in [1.54, 1.807) is 30.8 Å². The van der Waals surface area contributed by atoms with Crippen LogP contribution in [0.4, 0.5) is 18.9 Å². The van der Waals surface area contributed by atoms with Crippen LogP contribution in [0, 0.1) is 18.7 Å².